The monoisotopic (exact) mass is 221 g/mol. The van der Waals surface area contributed by atoms with E-state index in [1.165, 1.54) is 49.8 Å². The van der Waals surface area contributed by atoms with Gasteiger partial charge >= 0.3 is 0 Å². The molecule has 0 spiro atoms. The quantitative estimate of drug-likeness (QED) is 0.725. The lowest BCUT2D eigenvalue weighted by Crippen LogP contribution is -2.15. The topological polar surface area (TPSA) is 40.7 Å². The van der Waals surface area contributed by atoms with Crippen molar-refractivity contribution in [3.63, 3.8) is 0 Å². The second kappa shape index (κ2) is 6.04. The van der Waals surface area contributed by atoms with Gasteiger partial charge in [0.1, 0.15) is 0 Å². The highest BCUT2D eigenvalue weighted by molar-refractivity contribution is 5.13. The van der Waals surface area contributed by atoms with Crippen LogP contribution in [0.2, 0.25) is 0 Å². The van der Waals surface area contributed by atoms with Crippen molar-refractivity contribution < 1.29 is 0 Å². The van der Waals surface area contributed by atoms with Crippen LogP contribution in [-0.4, -0.2) is 16.7 Å². The molecule has 0 atom stereocenters. The predicted octanol–water partition coefficient (Wildman–Crippen LogP) is 2.78. The van der Waals surface area contributed by atoms with Crippen LogP contribution in [0.3, 0.4) is 0 Å². The van der Waals surface area contributed by atoms with E-state index in [2.05, 4.69) is 22.4 Å². The fourth-order valence-electron chi connectivity index (χ4n) is 2.59. The maximum Gasteiger partial charge on any atom is 0.0535 e. The van der Waals surface area contributed by atoms with Crippen LogP contribution in [0.1, 0.15) is 49.8 Å². The van der Waals surface area contributed by atoms with E-state index in [1.54, 1.807) is 0 Å². The number of nitrogens with one attached hydrogen (secondary N) is 2. The zero-order valence-corrected chi connectivity index (χ0v) is 10.3. The summed E-state index contributed by atoms with van der Waals surface area (Å²) in [6.07, 6.45) is 10.5. The standard InChI is InChI=1S/C13H23N3/c1-11-13(10-15-16-11)9-14-8-4-7-12-5-2-3-6-12/h10,12,14H,2-9H2,1H3,(H,15,16). The zero-order chi connectivity index (χ0) is 11.2. The fourth-order valence-corrected chi connectivity index (χ4v) is 2.59. The van der Waals surface area contributed by atoms with E-state index < -0.39 is 0 Å². The molecule has 16 heavy (non-hydrogen) atoms. The van der Waals surface area contributed by atoms with E-state index in [4.69, 9.17) is 0 Å². The minimum Gasteiger partial charge on any atom is -0.313 e. The maximum absolute atomic E-state index is 4.02. The molecule has 0 aromatic carbocycles. The van der Waals surface area contributed by atoms with Crippen molar-refractivity contribution in [1.82, 2.24) is 15.5 Å². The molecule has 3 heteroatoms. The number of hydrogen-bond acceptors (Lipinski definition) is 2. The van der Waals surface area contributed by atoms with Gasteiger partial charge in [-0.3, -0.25) is 5.10 Å². The van der Waals surface area contributed by atoms with Gasteiger partial charge in [0.15, 0.2) is 0 Å². The lowest BCUT2D eigenvalue weighted by molar-refractivity contribution is 0.470. The Morgan fingerprint density at radius 1 is 1.44 bits per heavy atom. The number of H-pyrrole nitrogens is 1. The summed E-state index contributed by atoms with van der Waals surface area (Å²) in [6, 6.07) is 0. The smallest absolute Gasteiger partial charge is 0.0535 e. The van der Waals surface area contributed by atoms with Gasteiger partial charge in [-0.1, -0.05) is 25.7 Å². The number of aryl methyl sites for hydroxylation is 1. The molecule has 0 bridgehead atoms. The molecule has 1 aliphatic carbocycles. The van der Waals surface area contributed by atoms with Gasteiger partial charge in [-0.05, 0) is 32.2 Å². The van der Waals surface area contributed by atoms with Crippen molar-refractivity contribution in [3.05, 3.63) is 17.5 Å². The third kappa shape index (κ3) is 3.34. The average Bonchev–Trinajstić information content (AvgIpc) is 2.90. The molecule has 0 amide bonds. The van der Waals surface area contributed by atoms with Crippen molar-refractivity contribution in [2.75, 3.05) is 6.54 Å². The van der Waals surface area contributed by atoms with E-state index >= 15 is 0 Å². The lowest BCUT2D eigenvalue weighted by Gasteiger charge is -2.08. The molecule has 1 heterocycles. The van der Waals surface area contributed by atoms with Gasteiger partial charge < -0.3 is 5.32 Å². The molecule has 1 aromatic heterocycles. The molecule has 1 aliphatic rings. The minimum absolute atomic E-state index is 0.951. The van der Waals surface area contributed by atoms with Crippen molar-refractivity contribution in [2.24, 2.45) is 5.92 Å². The highest BCUT2D eigenvalue weighted by atomic mass is 15.1. The van der Waals surface area contributed by atoms with Crippen molar-refractivity contribution in [3.8, 4) is 0 Å². The van der Waals surface area contributed by atoms with Gasteiger partial charge in [-0.15, -0.1) is 0 Å². The van der Waals surface area contributed by atoms with E-state index in [-0.39, 0.29) is 0 Å². The Bertz CT molecular complexity index is 300. The Labute approximate surface area is 98.0 Å². The summed E-state index contributed by atoms with van der Waals surface area (Å²) in [5.41, 5.74) is 2.48. The van der Waals surface area contributed by atoms with E-state index in [0.717, 1.165) is 19.0 Å². The summed E-state index contributed by atoms with van der Waals surface area (Å²) in [4.78, 5) is 0. The molecule has 0 unspecified atom stereocenters. The summed E-state index contributed by atoms with van der Waals surface area (Å²) in [7, 11) is 0. The normalized spacial score (nSPS) is 17.1. The van der Waals surface area contributed by atoms with Gasteiger partial charge in [0.25, 0.3) is 0 Å². The molecule has 1 aromatic rings. The lowest BCUT2D eigenvalue weighted by atomic mass is 10.0. The molecule has 1 fully saturated rings. The first kappa shape index (κ1) is 11.6. The number of aromatic nitrogens is 2. The zero-order valence-electron chi connectivity index (χ0n) is 10.3. The molecule has 1 saturated carbocycles. The fraction of sp³-hybridized carbons (Fsp3) is 0.769. The molecule has 0 radical (unpaired) electrons. The first-order valence-electron chi connectivity index (χ1n) is 6.56. The van der Waals surface area contributed by atoms with Crippen LogP contribution in [0.25, 0.3) is 0 Å². The number of rotatable bonds is 6. The molecular formula is C13H23N3. The summed E-state index contributed by atoms with van der Waals surface area (Å²) < 4.78 is 0. The minimum atomic E-state index is 0.951. The van der Waals surface area contributed by atoms with Crippen LogP contribution < -0.4 is 5.32 Å². The SMILES string of the molecule is Cc1[nH]ncc1CNCCCC1CCCC1. The van der Waals surface area contributed by atoms with Crippen LogP contribution in [-0.2, 0) is 6.54 Å². The predicted molar refractivity (Wildman–Crippen MR) is 66.2 cm³/mol. The Morgan fingerprint density at radius 2 is 2.25 bits per heavy atom. The van der Waals surface area contributed by atoms with Gasteiger partial charge in [0, 0.05) is 17.8 Å². The highest BCUT2D eigenvalue weighted by Crippen LogP contribution is 2.28. The van der Waals surface area contributed by atoms with Crippen LogP contribution in [0.4, 0.5) is 0 Å². The maximum atomic E-state index is 4.02. The van der Waals surface area contributed by atoms with Crippen LogP contribution in [0.5, 0.6) is 0 Å². The Hall–Kier alpha value is -0.830. The largest absolute Gasteiger partial charge is 0.313 e. The van der Waals surface area contributed by atoms with Gasteiger partial charge in [-0.2, -0.15) is 5.10 Å². The number of nitrogens with zero attached hydrogens (tertiary/aromatic N) is 1. The average molecular weight is 221 g/mol. The van der Waals surface area contributed by atoms with E-state index in [9.17, 15) is 0 Å². The summed E-state index contributed by atoms with van der Waals surface area (Å²) in [5, 5.41) is 10.5. The van der Waals surface area contributed by atoms with Crippen molar-refractivity contribution in [2.45, 2.75) is 52.0 Å². The van der Waals surface area contributed by atoms with Crippen molar-refractivity contribution >= 4 is 0 Å². The van der Waals surface area contributed by atoms with Gasteiger partial charge in [0.2, 0.25) is 0 Å². The number of hydrogen-bond donors (Lipinski definition) is 2. The Balaban J connectivity index is 1.53. The molecule has 2 rings (SSSR count). The summed E-state index contributed by atoms with van der Waals surface area (Å²) in [6.45, 7) is 4.16. The molecular weight excluding hydrogens is 198 g/mol. The second-order valence-electron chi connectivity index (χ2n) is 4.99. The third-order valence-electron chi connectivity index (χ3n) is 3.69. The summed E-state index contributed by atoms with van der Waals surface area (Å²) in [5.74, 6) is 1.03. The first-order valence-corrected chi connectivity index (χ1v) is 6.56. The second-order valence-corrected chi connectivity index (χ2v) is 4.99. The van der Waals surface area contributed by atoms with E-state index in [0.29, 0.717) is 0 Å². The molecule has 2 N–H and O–H groups in total. The number of aromatic amines is 1. The third-order valence-corrected chi connectivity index (χ3v) is 3.69. The Kier molecular flexibility index (Phi) is 4.40. The van der Waals surface area contributed by atoms with Crippen LogP contribution in [0, 0.1) is 12.8 Å². The van der Waals surface area contributed by atoms with Gasteiger partial charge in [-0.25, -0.2) is 0 Å². The van der Waals surface area contributed by atoms with Crippen LogP contribution >= 0.6 is 0 Å². The molecule has 0 saturated heterocycles. The highest BCUT2D eigenvalue weighted by Gasteiger charge is 2.13. The van der Waals surface area contributed by atoms with Gasteiger partial charge in [0.05, 0.1) is 6.20 Å². The van der Waals surface area contributed by atoms with Crippen molar-refractivity contribution in [1.29, 1.82) is 0 Å². The molecule has 3 nitrogen and oxygen atoms in total. The van der Waals surface area contributed by atoms with E-state index in [1.807, 2.05) is 6.20 Å². The summed E-state index contributed by atoms with van der Waals surface area (Å²) >= 11 is 0. The first-order chi connectivity index (χ1) is 7.86. The molecule has 90 valence electrons. The Morgan fingerprint density at radius 3 is 2.94 bits per heavy atom. The van der Waals surface area contributed by atoms with Crippen LogP contribution in [0.15, 0.2) is 6.20 Å². The molecule has 0 aliphatic heterocycles.